The summed E-state index contributed by atoms with van der Waals surface area (Å²) in [6.07, 6.45) is 2.35. The fourth-order valence-electron chi connectivity index (χ4n) is 2.28. The zero-order chi connectivity index (χ0) is 16.9. The topological polar surface area (TPSA) is 67.2 Å². The Bertz CT molecular complexity index is 833. The molecule has 3 aromatic rings. The van der Waals surface area contributed by atoms with Crippen molar-refractivity contribution in [3.8, 4) is 5.69 Å². The van der Waals surface area contributed by atoms with Crippen LogP contribution in [0, 0.1) is 0 Å². The fourth-order valence-corrected chi connectivity index (χ4v) is 2.47. The van der Waals surface area contributed by atoms with E-state index in [-0.39, 0.29) is 12.5 Å². The monoisotopic (exact) mass is 341 g/mol. The van der Waals surface area contributed by atoms with Crippen LogP contribution >= 0.6 is 11.6 Å². The van der Waals surface area contributed by atoms with Gasteiger partial charge >= 0.3 is 0 Å². The number of halogens is 1. The Balaban J connectivity index is 1.64. The maximum absolute atomic E-state index is 12.2. The molecular formula is C18H16ClN3O2. The van der Waals surface area contributed by atoms with Crippen LogP contribution in [0.2, 0.25) is 5.02 Å². The summed E-state index contributed by atoms with van der Waals surface area (Å²) in [5, 5.41) is 17.6. The summed E-state index contributed by atoms with van der Waals surface area (Å²) in [5.41, 5.74) is 1.94. The number of rotatable bonds is 5. The van der Waals surface area contributed by atoms with Gasteiger partial charge in [-0.25, -0.2) is 4.68 Å². The second kappa shape index (κ2) is 7.29. The van der Waals surface area contributed by atoms with Gasteiger partial charge in [0.15, 0.2) is 0 Å². The van der Waals surface area contributed by atoms with Crippen molar-refractivity contribution in [3.63, 3.8) is 0 Å². The van der Waals surface area contributed by atoms with Crippen molar-refractivity contribution in [1.82, 2.24) is 15.1 Å². The molecule has 0 bridgehead atoms. The van der Waals surface area contributed by atoms with E-state index in [1.807, 2.05) is 42.5 Å². The molecule has 1 aromatic heterocycles. The zero-order valence-corrected chi connectivity index (χ0v) is 13.5. The van der Waals surface area contributed by atoms with Gasteiger partial charge in [0, 0.05) is 17.8 Å². The SMILES string of the molecule is O=C(NC[C@H](O)c1ccccc1)c1cnn(-c2cccc(Cl)c2)c1. The lowest BCUT2D eigenvalue weighted by Crippen LogP contribution is -2.28. The molecule has 5 nitrogen and oxygen atoms in total. The molecule has 0 aliphatic rings. The van der Waals surface area contributed by atoms with Crippen LogP contribution in [0.1, 0.15) is 22.0 Å². The van der Waals surface area contributed by atoms with Crippen LogP contribution in [0.3, 0.4) is 0 Å². The molecule has 1 amide bonds. The lowest BCUT2D eigenvalue weighted by atomic mass is 10.1. The Hall–Kier alpha value is -2.63. The lowest BCUT2D eigenvalue weighted by molar-refractivity contribution is 0.0916. The fraction of sp³-hybridized carbons (Fsp3) is 0.111. The van der Waals surface area contributed by atoms with E-state index in [1.54, 1.807) is 23.0 Å². The van der Waals surface area contributed by atoms with E-state index in [9.17, 15) is 9.90 Å². The van der Waals surface area contributed by atoms with Crippen LogP contribution < -0.4 is 5.32 Å². The van der Waals surface area contributed by atoms with Crippen LogP contribution in [0.25, 0.3) is 5.69 Å². The number of aromatic nitrogens is 2. The first kappa shape index (κ1) is 16.2. The van der Waals surface area contributed by atoms with Gasteiger partial charge in [0.25, 0.3) is 5.91 Å². The molecule has 0 unspecified atom stereocenters. The average molecular weight is 342 g/mol. The molecule has 0 saturated heterocycles. The third-order valence-corrected chi connectivity index (χ3v) is 3.79. The van der Waals surface area contributed by atoms with Crippen molar-refractivity contribution in [3.05, 3.63) is 83.1 Å². The van der Waals surface area contributed by atoms with Crippen molar-refractivity contribution in [1.29, 1.82) is 0 Å². The minimum absolute atomic E-state index is 0.130. The van der Waals surface area contributed by atoms with Gasteiger partial charge in [-0.3, -0.25) is 4.79 Å². The summed E-state index contributed by atoms with van der Waals surface area (Å²) in [6.45, 7) is 0.130. The van der Waals surface area contributed by atoms with E-state index in [0.717, 1.165) is 11.3 Å². The average Bonchev–Trinajstić information content (AvgIpc) is 3.10. The summed E-state index contributed by atoms with van der Waals surface area (Å²) in [5.74, 6) is -0.293. The maximum atomic E-state index is 12.2. The summed E-state index contributed by atoms with van der Waals surface area (Å²) < 4.78 is 1.58. The number of nitrogens with zero attached hydrogens (tertiary/aromatic N) is 2. The minimum Gasteiger partial charge on any atom is -0.387 e. The van der Waals surface area contributed by atoms with Crippen molar-refractivity contribution in [2.24, 2.45) is 0 Å². The Morgan fingerprint density at radius 1 is 1.21 bits per heavy atom. The first-order chi connectivity index (χ1) is 11.6. The summed E-state index contributed by atoms with van der Waals surface area (Å²) in [4.78, 5) is 12.2. The third-order valence-electron chi connectivity index (χ3n) is 3.56. The molecule has 0 saturated carbocycles. The van der Waals surface area contributed by atoms with Crippen LogP contribution in [0.4, 0.5) is 0 Å². The molecule has 0 aliphatic heterocycles. The molecule has 24 heavy (non-hydrogen) atoms. The van der Waals surface area contributed by atoms with E-state index in [0.29, 0.717) is 10.6 Å². The molecule has 0 aliphatic carbocycles. The number of carbonyl (C=O) groups is 1. The number of benzene rings is 2. The van der Waals surface area contributed by atoms with Gasteiger partial charge in [0.1, 0.15) is 0 Å². The van der Waals surface area contributed by atoms with E-state index < -0.39 is 6.10 Å². The van der Waals surface area contributed by atoms with Crippen molar-refractivity contribution < 1.29 is 9.90 Å². The minimum atomic E-state index is -0.752. The maximum Gasteiger partial charge on any atom is 0.254 e. The molecular weight excluding hydrogens is 326 g/mol. The predicted molar refractivity (Wildman–Crippen MR) is 92.3 cm³/mol. The van der Waals surface area contributed by atoms with Gasteiger partial charge in [-0.05, 0) is 23.8 Å². The highest BCUT2D eigenvalue weighted by molar-refractivity contribution is 6.30. The molecule has 0 radical (unpaired) electrons. The molecule has 122 valence electrons. The van der Waals surface area contributed by atoms with Gasteiger partial charge < -0.3 is 10.4 Å². The Kier molecular flexibility index (Phi) is 4.93. The zero-order valence-electron chi connectivity index (χ0n) is 12.8. The highest BCUT2D eigenvalue weighted by atomic mass is 35.5. The number of amides is 1. The van der Waals surface area contributed by atoms with Gasteiger partial charge in [0.2, 0.25) is 0 Å². The number of nitrogens with one attached hydrogen (secondary N) is 1. The molecule has 6 heteroatoms. The molecule has 0 fully saturated rings. The lowest BCUT2D eigenvalue weighted by Gasteiger charge is -2.11. The number of hydrogen-bond acceptors (Lipinski definition) is 3. The first-order valence-electron chi connectivity index (χ1n) is 7.45. The van der Waals surface area contributed by atoms with Gasteiger partial charge in [-0.15, -0.1) is 0 Å². The third kappa shape index (κ3) is 3.82. The smallest absolute Gasteiger partial charge is 0.254 e. The Morgan fingerprint density at radius 3 is 2.75 bits per heavy atom. The summed E-state index contributed by atoms with van der Waals surface area (Å²) in [7, 11) is 0. The van der Waals surface area contributed by atoms with Gasteiger partial charge in [-0.2, -0.15) is 5.10 Å². The van der Waals surface area contributed by atoms with Gasteiger partial charge in [0.05, 0.1) is 23.6 Å². The largest absolute Gasteiger partial charge is 0.387 e. The van der Waals surface area contributed by atoms with Gasteiger partial charge in [-0.1, -0.05) is 48.0 Å². The summed E-state index contributed by atoms with van der Waals surface area (Å²) >= 11 is 5.96. The summed E-state index contributed by atoms with van der Waals surface area (Å²) in [6, 6.07) is 16.4. The quantitative estimate of drug-likeness (QED) is 0.749. The van der Waals surface area contributed by atoms with Crippen LogP contribution in [0.5, 0.6) is 0 Å². The molecule has 1 heterocycles. The predicted octanol–water partition coefficient (Wildman–Crippen LogP) is 2.99. The van der Waals surface area contributed by atoms with Crippen LogP contribution in [-0.2, 0) is 0 Å². The number of aliphatic hydroxyl groups excluding tert-OH is 1. The number of aliphatic hydroxyl groups is 1. The van der Waals surface area contributed by atoms with E-state index >= 15 is 0 Å². The second-order valence-corrected chi connectivity index (χ2v) is 5.73. The standard InChI is InChI=1S/C18H16ClN3O2/c19-15-7-4-8-16(9-15)22-12-14(10-21-22)18(24)20-11-17(23)13-5-2-1-3-6-13/h1-10,12,17,23H,11H2,(H,20,24)/t17-/m0/s1. The van der Waals surface area contributed by atoms with Crippen molar-refractivity contribution in [2.45, 2.75) is 6.10 Å². The molecule has 2 aromatic carbocycles. The highest BCUT2D eigenvalue weighted by Gasteiger charge is 2.12. The highest BCUT2D eigenvalue weighted by Crippen LogP contribution is 2.15. The molecule has 3 rings (SSSR count). The van der Waals surface area contributed by atoms with Crippen LogP contribution in [0.15, 0.2) is 67.0 Å². The van der Waals surface area contributed by atoms with Crippen LogP contribution in [-0.4, -0.2) is 27.3 Å². The van der Waals surface area contributed by atoms with E-state index in [2.05, 4.69) is 10.4 Å². The molecule has 1 atom stereocenters. The van der Waals surface area contributed by atoms with Crippen molar-refractivity contribution >= 4 is 17.5 Å². The first-order valence-corrected chi connectivity index (χ1v) is 7.83. The molecule has 2 N–H and O–H groups in total. The molecule has 0 spiro atoms. The second-order valence-electron chi connectivity index (χ2n) is 5.29. The number of carbonyl (C=O) groups excluding carboxylic acids is 1. The van der Waals surface area contributed by atoms with E-state index in [1.165, 1.54) is 6.20 Å². The van der Waals surface area contributed by atoms with E-state index in [4.69, 9.17) is 11.6 Å². The Labute approximate surface area is 144 Å². The number of hydrogen-bond donors (Lipinski definition) is 2. The normalized spacial score (nSPS) is 11.9. The van der Waals surface area contributed by atoms with Crippen molar-refractivity contribution in [2.75, 3.05) is 6.54 Å². The Morgan fingerprint density at radius 2 is 2.00 bits per heavy atom.